The van der Waals surface area contributed by atoms with Gasteiger partial charge in [-0.2, -0.15) is 0 Å². The minimum absolute atomic E-state index is 0.0301. The van der Waals surface area contributed by atoms with Crippen LogP contribution in [0.4, 0.5) is 0 Å². The minimum Gasteiger partial charge on any atom is -0.426 e. The summed E-state index contributed by atoms with van der Waals surface area (Å²) < 4.78 is 16.8. The second-order valence-electron chi connectivity index (χ2n) is 8.32. The van der Waals surface area contributed by atoms with Crippen molar-refractivity contribution in [3.8, 4) is 0 Å². The third kappa shape index (κ3) is 6.89. The zero-order valence-electron chi connectivity index (χ0n) is 17.8. The molecular formula is C17H35O7Si3. The van der Waals surface area contributed by atoms with Crippen LogP contribution in [0, 0.1) is 0 Å². The van der Waals surface area contributed by atoms with Crippen LogP contribution in [0.5, 0.6) is 0 Å². The first-order chi connectivity index (χ1) is 12.0. The molecule has 3 N–H and O–H groups in total. The molecule has 0 saturated heterocycles. The summed E-state index contributed by atoms with van der Waals surface area (Å²) in [5.41, 5.74) is -0.780. The first-order valence-corrected chi connectivity index (χ1v) is 16.2. The number of esters is 1. The van der Waals surface area contributed by atoms with Crippen molar-refractivity contribution in [1.29, 1.82) is 0 Å². The van der Waals surface area contributed by atoms with Crippen molar-refractivity contribution in [2.45, 2.75) is 89.4 Å². The van der Waals surface area contributed by atoms with Crippen LogP contribution in [-0.4, -0.2) is 66.0 Å². The molecule has 4 unspecified atom stereocenters. The second kappa shape index (κ2) is 9.44. The van der Waals surface area contributed by atoms with Crippen molar-refractivity contribution >= 4 is 32.8 Å². The Labute approximate surface area is 168 Å². The summed E-state index contributed by atoms with van der Waals surface area (Å²) in [6.45, 7) is 17.6. The van der Waals surface area contributed by atoms with Crippen LogP contribution in [0.25, 0.3) is 0 Å². The van der Waals surface area contributed by atoms with E-state index in [0.717, 1.165) is 0 Å². The molecule has 0 fully saturated rings. The molecule has 7 nitrogen and oxygen atoms in total. The molecule has 0 aliphatic rings. The van der Waals surface area contributed by atoms with Crippen LogP contribution in [0.1, 0.15) is 27.2 Å². The average molecular weight is 436 g/mol. The van der Waals surface area contributed by atoms with Gasteiger partial charge in [0.15, 0.2) is 16.6 Å². The van der Waals surface area contributed by atoms with Crippen molar-refractivity contribution in [3.05, 3.63) is 12.2 Å². The van der Waals surface area contributed by atoms with E-state index in [1.807, 2.05) is 20.0 Å². The summed E-state index contributed by atoms with van der Waals surface area (Å²) in [6, 6.07) is 0.642. The minimum atomic E-state index is -2.70. The lowest BCUT2D eigenvalue weighted by atomic mass is 9.99. The van der Waals surface area contributed by atoms with Crippen LogP contribution in [0.2, 0.25) is 44.3 Å². The topological polar surface area (TPSA) is 105 Å². The van der Waals surface area contributed by atoms with Gasteiger partial charge in [0, 0.05) is 21.4 Å². The Morgan fingerprint density at radius 2 is 1.59 bits per heavy atom. The third-order valence-corrected chi connectivity index (χ3v) is 8.33. The first-order valence-electron chi connectivity index (χ1n) is 9.06. The normalized spacial score (nSPS) is 19.6. The molecule has 0 aromatic carbocycles. The highest BCUT2D eigenvalue weighted by Crippen LogP contribution is 2.43. The summed E-state index contributed by atoms with van der Waals surface area (Å²) >= 11 is 0. The maximum absolute atomic E-state index is 11.9. The highest BCUT2D eigenvalue weighted by molar-refractivity contribution is 6.71. The van der Waals surface area contributed by atoms with Crippen LogP contribution in [0.15, 0.2) is 12.2 Å². The van der Waals surface area contributed by atoms with Gasteiger partial charge >= 0.3 is 5.97 Å². The molecule has 0 aromatic rings. The van der Waals surface area contributed by atoms with E-state index >= 15 is 0 Å². The van der Waals surface area contributed by atoms with Crippen LogP contribution in [0.3, 0.4) is 0 Å². The lowest BCUT2D eigenvalue weighted by molar-refractivity contribution is -0.399. The summed E-state index contributed by atoms with van der Waals surface area (Å²) in [5.74, 6) is -5.99. The van der Waals surface area contributed by atoms with Gasteiger partial charge in [-0.25, -0.2) is 4.79 Å². The monoisotopic (exact) mass is 435 g/mol. The molecule has 0 rings (SSSR count). The molecule has 0 bridgehead atoms. The maximum Gasteiger partial charge on any atom is 0.335 e. The Bertz CT molecular complexity index is 535. The van der Waals surface area contributed by atoms with Gasteiger partial charge in [0.25, 0.3) is 12.1 Å². The van der Waals surface area contributed by atoms with Crippen LogP contribution in [-0.2, 0) is 18.4 Å². The zero-order valence-corrected chi connectivity index (χ0v) is 20.8. The number of rotatable bonds is 11. The van der Waals surface area contributed by atoms with E-state index < -0.39 is 46.0 Å². The highest BCUT2D eigenvalue weighted by atomic mass is 28.4. The molecule has 157 valence electrons. The largest absolute Gasteiger partial charge is 0.426 e. The van der Waals surface area contributed by atoms with Gasteiger partial charge in [-0.1, -0.05) is 26.8 Å². The standard InChI is InChI=1S/C17H35O7Si3/c1-10-13(25)16(20,24-27(8,9)11-2)17(21,23-26(5,6)7)15(19)22-14(18)12(3)4/h13,15,19-21H,3,10-11H2,1-2,4-9H3. The predicted octanol–water partition coefficient (Wildman–Crippen LogP) is 2.26. The number of hydrogen-bond acceptors (Lipinski definition) is 7. The first kappa shape index (κ1) is 26.7. The molecule has 0 aliphatic carbocycles. The summed E-state index contributed by atoms with van der Waals surface area (Å²) in [7, 11) is -1.61. The fourth-order valence-corrected chi connectivity index (χ4v) is 5.05. The van der Waals surface area contributed by atoms with Gasteiger partial charge in [0.2, 0.25) is 5.79 Å². The van der Waals surface area contributed by atoms with E-state index in [4.69, 9.17) is 13.6 Å². The molecule has 0 saturated carbocycles. The number of aliphatic hydroxyl groups is 3. The van der Waals surface area contributed by atoms with E-state index in [-0.39, 0.29) is 5.57 Å². The number of aliphatic hydroxyl groups excluding tert-OH is 1. The number of ether oxygens (including phenoxy) is 1. The molecule has 27 heavy (non-hydrogen) atoms. The molecule has 0 spiro atoms. The fourth-order valence-electron chi connectivity index (χ4n) is 2.21. The van der Waals surface area contributed by atoms with Gasteiger partial charge in [-0.3, -0.25) is 0 Å². The van der Waals surface area contributed by atoms with Gasteiger partial charge < -0.3 is 28.9 Å². The third-order valence-electron chi connectivity index (χ3n) is 4.04. The maximum atomic E-state index is 11.9. The molecule has 4 atom stereocenters. The fraction of sp³-hybridized carbons (Fsp3) is 0.824. The quantitative estimate of drug-likeness (QED) is 0.198. The van der Waals surface area contributed by atoms with E-state index in [2.05, 4.69) is 16.8 Å². The molecular weight excluding hydrogens is 400 g/mol. The highest BCUT2D eigenvalue weighted by Gasteiger charge is 2.63. The Hall–Kier alpha value is -0.339. The number of carbonyl (C=O) groups is 1. The van der Waals surface area contributed by atoms with E-state index in [9.17, 15) is 20.1 Å². The molecule has 0 aliphatic heterocycles. The summed E-state index contributed by atoms with van der Waals surface area (Å²) in [5, 5.41) is 33.5. The molecule has 10 heteroatoms. The van der Waals surface area contributed by atoms with Crippen molar-refractivity contribution < 1.29 is 33.7 Å². The van der Waals surface area contributed by atoms with Gasteiger partial charge in [-0.15, -0.1) is 0 Å². The Kier molecular flexibility index (Phi) is 9.32. The lowest BCUT2D eigenvalue weighted by Gasteiger charge is -2.51. The summed E-state index contributed by atoms with van der Waals surface area (Å²) in [4.78, 5) is 11.9. The Morgan fingerprint density at radius 1 is 1.11 bits per heavy atom. The molecule has 0 aromatic heterocycles. The zero-order chi connectivity index (χ0) is 21.8. The van der Waals surface area contributed by atoms with Crippen molar-refractivity contribution in [1.82, 2.24) is 0 Å². The second-order valence-corrected chi connectivity index (χ2v) is 17.9. The van der Waals surface area contributed by atoms with Crippen molar-refractivity contribution in [3.63, 3.8) is 0 Å². The molecule has 0 amide bonds. The SMILES string of the molecule is C=C(C)C(=O)OC(O)C(O)(O[Si](C)(C)C)C(O)(O[Si](C)(C)CC)C([Si])CC. The summed E-state index contributed by atoms with van der Waals surface area (Å²) in [6.07, 6.45) is -1.84. The van der Waals surface area contributed by atoms with Gasteiger partial charge in [0.1, 0.15) is 0 Å². The van der Waals surface area contributed by atoms with Crippen LogP contribution < -0.4 is 0 Å². The van der Waals surface area contributed by atoms with E-state index in [1.165, 1.54) is 6.92 Å². The predicted molar refractivity (Wildman–Crippen MR) is 110 cm³/mol. The van der Waals surface area contributed by atoms with E-state index in [1.54, 1.807) is 26.6 Å². The average Bonchev–Trinajstić information content (AvgIpc) is 2.51. The molecule has 0 heterocycles. The number of carbonyl (C=O) groups excluding carboxylic acids is 1. The Morgan fingerprint density at radius 3 is 1.93 bits per heavy atom. The van der Waals surface area contributed by atoms with Gasteiger partial charge in [0.05, 0.1) is 0 Å². The van der Waals surface area contributed by atoms with Crippen LogP contribution >= 0.6 is 0 Å². The van der Waals surface area contributed by atoms with Crippen molar-refractivity contribution in [2.75, 3.05) is 0 Å². The number of hydrogen-bond donors (Lipinski definition) is 3. The smallest absolute Gasteiger partial charge is 0.335 e. The lowest BCUT2D eigenvalue weighted by Crippen LogP contribution is -2.71. The van der Waals surface area contributed by atoms with Gasteiger partial charge in [-0.05, 0) is 45.7 Å². The van der Waals surface area contributed by atoms with E-state index in [0.29, 0.717) is 12.5 Å². The Balaban J connectivity index is 6.37. The van der Waals surface area contributed by atoms with Crippen molar-refractivity contribution in [2.24, 2.45) is 0 Å². The molecule has 3 radical (unpaired) electrons.